The van der Waals surface area contributed by atoms with E-state index in [0.29, 0.717) is 23.4 Å². The molecule has 1 spiro atoms. The molecule has 0 amide bonds. The van der Waals surface area contributed by atoms with Gasteiger partial charge in [-0.2, -0.15) is 5.10 Å². The smallest absolute Gasteiger partial charge is 0.186 e. The molecule has 2 fully saturated rings. The van der Waals surface area contributed by atoms with Gasteiger partial charge >= 0.3 is 0 Å². The number of nitrogens with one attached hydrogen (secondary N) is 2. The van der Waals surface area contributed by atoms with E-state index < -0.39 is 0 Å². The number of Topliss-reactive ketones (excluding diaryl/α,β-unsaturated/α-hetero) is 1. The van der Waals surface area contributed by atoms with Crippen LogP contribution < -0.4 is 5.32 Å². The van der Waals surface area contributed by atoms with Crippen LogP contribution in [0.4, 0.5) is 0 Å². The number of carbonyl (C=O) groups excluding carboxylic acids is 1. The predicted molar refractivity (Wildman–Crippen MR) is 129 cm³/mol. The highest BCUT2D eigenvalue weighted by atomic mass is 32.1. The van der Waals surface area contributed by atoms with Crippen LogP contribution in [0.2, 0.25) is 0 Å². The van der Waals surface area contributed by atoms with Crippen LogP contribution in [0.3, 0.4) is 0 Å². The molecule has 2 aliphatic carbocycles. The molecule has 2 atom stereocenters. The average molecular weight is 445 g/mol. The third-order valence-electron chi connectivity index (χ3n) is 7.61. The van der Waals surface area contributed by atoms with Gasteiger partial charge < -0.3 is 5.32 Å². The van der Waals surface area contributed by atoms with Gasteiger partial charge in [0.1, 0.15) is 10.7 Å². The zero-order valence-corrected chi connectivity index (χ0v) is 19.0. The minimum Gasteiger partial charge on any atom is -0.316 e. The molecule has 2 aromatic heterocycles. The van der Waals surface area contributed by atoms with E-state index in [2.05, 4.69) is 50.9 Å². The van der Waals surface area contributed by atoms with E-state index in [1.165, 1.54) is 43.2 Å². The molecule has 5 nitrogen and oxygen atoms in total. The minimum absolute atomic E-state index is 0.104. The Morgan fingerprint density at radius 1 is 1.28 bits per heavy atom. The molecule has 1 saturated heterocycles. The number of allylic oxidation sites excluding steroid dienone is 4. The van der Waals surface area contributed by atoms with E-state index in [4.69, 9.17) is 0 Å². The lowest BCUT2D eigenvalue weighted by atomic mass is 9.66. The number of carbonyl (C=O) groups is 1. The SMILES string of the molecule is O=C(Cc1ccc2cn[nH]c2c1C1CCCC2(CCNC2)C1)c1csc(C2=CC=CC2)n1. The molecule has 2 N–H and O–H groups in total. The number of thiazole rings is 1. The molecule has 32 heavy (non-hydrogen) atoms. The van der Waals surface area contributed by atoms with Crippen molar-refractivity contribution in [1.82, 2.24) is 20.5 Å². The first-order valence-corrected chi connectivity index (χ1v) is 12.6. The third-order valence-corrected chi connectivity index (χ3v) is 8.53. The number of H-pyrrole nitrogens is 1. The zero-order valence-electron chi connectivity index (χ0n) is 18.2. The van der Waals surface area contributed by atoms with Gasteiger partial charge in [-0.3, -0.25) is 9.89 Å². The molecule has 0 bridgehead atoms. The van der Waals surface area contributed by atoms with Crippen LogP contribution >= 0.6 is 11.3 Å². The number of nitrogens with zero attached hydrogens (tertiary/aromatic N) is 2. The van der Waals surface area contributed by atoms with Gasteiger partial charge in [0.2, 0.25) is 0 Å². The summed E-state index contributed by atoms with van der Waals surface area (Å²) in [6, 6.07) is 4.25. The molecule has 2 unspecified atom stereocenters. The molecule has 1 aliphatic heterocycles. The largest absolute Gasteiger partial charge is 0.316 e. The number of fused-ring (bicyclic) bond motifs is 1. The summed E-state index contributed by atoms with van der Waals surface area (Å²) in [6.07, 6.45) is 15.7. The number of hydrogen-bond donors (Lipinski definition) is 2. The highest BCUT2D eigenvalue weighted by Crippen LogP contribution is 2.49. The zero-order chi connectivity index (χ0) is 21.5. The van der Waals surface area contributed by atoms with E-state index in [-0.39, 0.29) is 5.78 Å². The van der Waals surface area contributed by atoms with E-state index in [0.717, 1.165) is 41.0 Å². The molecular formula is C26H28N4OS. The first-order chi connectivity index (χ1) is 15.7. The van der Waals surface area contributed by atoms with Crippen LogP contribution in [0.5, 0.6) is 0 Å². The highest BCUT2D eigenvalue weighted by Gasteiger charge is 2.40. The van der Waals surface area contributed by atoms with Crippen molar-refractivity contribution in [3.05, 3.63) is 63.8 Å². The van der Waals surface area contributed by atoms with Crippen LogP contribution in [0.15, 0.2) is 41.9 Å². The third kappa shape index (κ3) is 3.55. The summed E-state index contributed by atoms with van der Waals surface area (Å²) in [5.74, 6) is 0.573. The van der Waals surface area contributed by atoms with Gasteiger partial charge in [0.25, 0.3) is 0 Å². The van der Waals surface area contributed by atoms with Crippen LogP contribution in [0.25, 0.3) is 16.5 Å². The molecule has 6 rings (SSSR count). The average Bonchev–Trinajstić information content (AvgIpc) is 3.60. The van der Waals surface area contributed by atoms with Crippen molar-refractivity contribution < 1.29 is 4.79 Å². The van der Waals surface area contributed by atoms with Crippen molar-refractivity contribution in [2.75, 3.05) is 13.1 Å². The molecule has 3 heterocycles. The van der Waals surface area contributed by atoms with Gasteiger partial charge in [0.05, 0.1) is 11.7 Å². The Hall–Kier alpha value is -2.57. The van der Waals surface area contributed by atoms with Crippen LogP contribution in [-0.2, 0) is 6.42 Å². The maximum Gasteiger partial charge on any atom is 0.186 e. The summed E-state index contributed by atoms with van der Waals surface area (Å²) in [4.78, 5) is 17.9. The van der Waals surface area contributed by atoms with Crippen molar-refractivity contribution in [2.24, 2.45) is 5.41 Å². The lowest BCUT2D eigenvalue weighted by Crippen LogP contribution is -2.30. The standard InChI is InChI=1S/C26H28N4OS/c31-22(21-15-32-25(29-21)17-4-1-2-5-17)12-18-7-8-20-14-28-30-24(20)23(18)19-6-3-9-26(13-19)10-11-27-16-26/h1-2,4,7-8,14-15,19,27H,3,5-6,9-13,16H2,(H,28,30). The summed E-state index contributed by atoms with van der Waals surface area (Å²) < 4.78 is 0. The molecule has 3 aromatic rings. The van der Waals surface area contributed by atoms with Crippen molar-refractivity contribution in [3.63, 3.8) is 0 Å². The second-order valence-electron chi connectivity index (χ2n) is 9.65. The monoisotopic (exact) mass is 444 g/mol. The fraction of sp³-hybridized carbons (Fsp3) is 0.423. The summed E-state index contributed by atoms with van der Waals surface area (Å²) in [5.41, 5.74) is 5.78. The van der Waals surface area contributed by atoms with Gasteiger partial charge in [0, 0.05) is 23.7 Å². The Kier molecular flexibility index (Phi) is 5.07. The van der Waals surface area contributed by atoms with Crippen molar-refractivity contribution in [3.8, 4) is 0 Å². The quantitative estimate of drug-likeness (QED) is 0.515. The Bertz CT molecular complexity index is 1230. The fourth-order valence-electron chi connectivity index (χ4n) is 6.00. The summed E-state index contributed by atoms with van der Waals surface area (Å²) in [7, 11) is 0. The van der Waals surface area contributed by atoms with Gasteiger partial charge in [-0.05, 0) is 66.7 Å². The molecule has 1 aromatic carbocycles. The summed E-state index contributed by atoms with van der Waals surface area (Å²) >= 11 is 1.57. The van der Waals surface area contributed by atoms with Gasteiger partial charge in [-0.25, -0.2) is 4.98 Å². The number of benzene rings is 1. The van der Waals surface area contributed by atoms with Crippen LogP contribution in [0, 0.1) is 5.41 Å². The number of aromatic amines is 1. The lowest BCUT2D eigenvalue weighted by molar-refractivity contribution is 0.0988. The molecule has 1 saturated carbocycles. The van der Waals surface area contributed by atoms with Crippen molar-refractivity contribution in [2.45, 2.75) is 50.9 Å². The van der Waals surface area contributed by atoms with Gasteiger partial charge in [-0.15, -0.1) is 11.3 Å². The van der Waals surface area contributed by atoms with Gasteiger partial charge in [-0.1, -0.05) is 36.8 Å². The van der Waals surface area contributed by atoms with E-state index >= 15 is 0 Å². The number of rotatable bonds is 5. The number of ketones is 1. The summed E-state index contributed by atoms with van der Waals surface area (Å²) in [6.45, 7) is 2.26. The molecule has 0 radical (unpaired) electrons. The second kappa shape index (κ2) is 8.09. The first kappa shape index (κ1) is 20.1. The number of aromatic nitrogens is 3. The molecule has 3 aliphatic rings. The summed E-state index contributed by atoms with van der Waals surface area (Å²) in [5, 5.41) is 15.2. The minimum atomic E-state index is 0.104. The number of hydrogen-bond acceptors (Lipinski definition) is 5. The molecule has 164 valence electrons. The Balaban J connectivity index is 1.31. The van der Waals surface area contributed by atoms with E-state index in [9.17, 15) is 4.79 Å². The van der Waals surface area contributed by atoms with Crippen molar-refractivity contribution in [1.29, 1.82) is 0 Å². The Labute approximate surface area is 192 Å². The fourth-order valence-corrected chi connectivity index (χ4v) is 6.86. The van der Waals surface area contributed by atoms with Gasteiger partial charge in [0.15, 0.2) is 5.78 Å². The lowest BCUT2D eigenvalue weighted by Gasteiger charge is -2.38. The van der Waals surface area contributed by atoms with Crippen LogP contribution in [-0.4, -0.2) is 34.1 Å². The normalized spacial score (nSPS) is 25.1. The highest BCUT2D eigenvalue weighted by molar-refractivity contribution is 7.11. The Morgan fingerprint density at radius 2 is 2.25 bits per heavy atom. The maximum atomic E-state index is 13.3. The topological polar surface area (TPSA) is 70.7 Å². The van der Waals surface area contributed by atoms with Crippen LogP contribution in [0.1, 0.15) is 71.1 Å². The van der Waals surface area contributed by atoms with E-state index in [1.807, 2.05) is 11.6 Å². The van der Waals surface area contributed by atoms with Crippen molar-refractivity contribution >= 4 is 33.6 Å². The molecule has 6 heteroatoms. The molecular weight excluding hydrogens is 416 g/mol. The predicted octanol–water partition coefficient (Wildman–Crippen LogP) is 5.43. The Morgan fingerprint density at radius 3 is 3.09 bits per heavy atom. The maximum absolute atomic E-state index is 13.3. The second-order valence-corrected chi connectivity index (χ2v) is 10.5. The first-order valence-electron chi connectivity index (χ1n) is 11.7. The van der Waals surface area contributed by atoms with E-state index in [1.54, 1.807) is 11.3 Å².